The Balaban J connectivity index is 1.85. The molecule has 1 aromatic rings. The first-order chi connectivity index (χ1) is 12.3. The van der Waals surface area contributed by atoms with Crippen molar-refractivity contribution in [1.29, 1.82) is 0 Å². The van der Waals surface area contributed by atoms with Gasteiger partial charge >= 0.3 is 6.18 Å². The van der Waals surface area contributed by atoms with E-state index < -0.39 is 29.6 Å². The van der Waals surface area contributed by atoms with Crippen molar-refractivity contribution >= 4 is 17.5 Å². The molecule has 2 saturated heterocycles. The van der Waals surface area contributed by atoms with Crippen molar-refractivity contribution in [1.82, 2.24) is 4.90 Å². The number of aliphatic hydroxyl groups is 1. The zero-order valence-electron chi connectivity index (χ0n) is 14.2. The molecule has 1 aromatic carbocycles. The van der Waals surface area contributed by atoms with Gasteiger partial charge in [0.15, 0.2) is 0 Å². The molecule has 26 heavy (non-hydrogen) atoms. The SMILES string of the molecule is O=C1CC(N2CCCCC2CCO)C(=O)N1c1cccc(C(F)(F)F)c1. The zero-order chi connectivity index (χ0) is 18.9. The number of carbonyl (C=O) groups excluding carboxylic acids is 2. The number of benzene rings is 1. The van der Waals surface area contributed by atoms with Gasteiger partial charge in [-0.1, -0.05) is 12.5 Å². The third-order valence-corrected chi connectivity index (χ3v) is 5.09. The van der Waals surface area contributed by atoms with Crippen LogP contribution in [0.2, 0.25) is 0 Å². The van der Waals surface area contributed by atoms with Crippen molar-refractivity contribution in [2.24, 2.45) is 0 Å². The largest absolute Gasteiger partial charge is 0.416 e. The van der Waals surface area contributed by atoms with Crippen LogP contribution in [-0.2, 0) is 15.8 Å². The summed E-state index contributed by atoms with van der Waals surface area (Å²) in [5.74, 6) is -0.980. The first kappa shape index (κ1) is 18.8. The number of anilines is 1. The molecule has 2 fully saturated rings. The fraction of sp³-hybridized carbons (Fsp3) is 0.556. The minimum atomic E-state index is -4.54. The molecule has 0 radical (unpaired) electrons. The van der Waals surface area contributed by atoms with Crippen LogP contribution in [-0.4, -0.2) is 47.1 Å². The van der Waals surface area contributed by atoms with Gasteiger partial charge in [0.05, 0.1) is 23.7 Å². The average Bonchev–Trinajstić information content (AvgIpc) is 2.89. The van der Waals surface area contributed by atoms with E-state index in [4.69, 9.17) is 0 Å². The molecule has 1 N–H and O–H groups in total. The van der Waals surface area contributed by atoms with E-state index in [1.165, 1.54) is 12.1 Å². The standard InChI is InChI=1S/C18H21F3N2O3/c19-18(20,21)12-4-3-6-14(10-12)23-16(25)11-15(17(23)26)22-8-2-1-5-13(22)7-9-24/h3-4,6,10,13,15,24H,1-2,5,7-9,11H2. The lowest BCUT2D eigenvalue weighted by Crippen LogP contribution is -2.50. The van der Waals surface area contributed by atoms with Gasteiger partial charge in [-0.2, -0.15) is 13.2 Å². The number of imide groups is 1. The van der Waals surface area contributed by atoms with E-state index in [1.807, 2.05) is 4.90 Å². The van der Waals surface area contributed by atoms with Crippen molar-refractivity contribution in [3.63, 3.8) is 0 Å². The second kappa shape index (κ2) is 7.36. The Morgan fingerprint density at radius 2 is 1.96 bits per heavy atom. The number of alkyl halides is 3. The number of rotatable bonds is 4. The highest BCUT2D eigenvalue weighted by atomic mass is 19.4. The van der Waals surface area contributed by atoms with Gasteiger partial charge in [-0.05, 0) is 44.0 Å². The maximum atomic E-state index is 12.9. The molecule has 0 aliphatic carbocycles. The van der Waals surface area contributed by atoms with Crippen LogP contribution < -0.4 is 4.90 Å². The van der Waals surface area contributed by atoms with Gasteiger partial charge in [0.2, 0.25) is 5.91 Å². The number of hydrogen-bond acceptors (Lipinski definition) is 4. The van der Waals surface area contributed by atoms with E-state index in [1.54, 1.807) is 0 Å². The zero-order valence-corrected chi connectivity index (χ0v) is 14.2. The summed E-state index contributed by atoms with van der Waals surface area (Å²) < 4.78 is 38.8. The van der Waals surface area contributed by atoms with Crippen LogP contribution in [0.4, 0.5) is 18.9 Å². The molecule has 142 valence electrons. The van der Waals surface area contributed by atoms with Gasteiger partial charge in [-0.25, -0.2) is 4.90 Å². The molecular weight excluding hydrogens is 349 g/mol. The number of aliphatic hydroxyl groups excluding tert-OH is 1. The van der Waals surface area contributed by atoms with Crippen LogP contribution in [0.5, 0.6) is 0 Å². The summed E-state index contributed by atoms with van der Waals surface area (Å²) in [6.45, 7) is 0.637. The number of likely N-dealkylation sites (tertiary alicyclic amines) is 1. The molecule has 2 aliphatic rings. The first-order valence-electron chi connectivity index (χ1n) is 8.73. The molecule has 2 heterocycles. The molecule has 2 atom stereocenters. The molecule has 0 spiro atoms. The lowest BCUT2D eigenvalue weighted by molar-refractivity contribution is -0.137. The van der Waals surface area contributed by atoms with Gasteiger partial charge in [-0.15, -0.1) is 0 Å². The summed E-state index contributed by atoms with van der Waals surface area (Å²) in [7, 11) is 0. The van der Waals surface area contributed by atoms with Gasteiger partial charge < -0.3 is 5.11 Å². The second-order valence-electron chi connectivity index (χ2n) is 6.74. The molecule has 8 heteroatoms. The summed E-state index contributed by atoms with van der Waals surface area (Å²) in [5, 5.41) is 9.24. The molecule has 3 rings (SSSR count). The van der Waals surface area contributed by atoms with Crippen molar-refractivity contribution in [3.05, 3.63) is 29.8 Å². The van der Waals surface area contributed by atoms with Crippen LogP contribution in [0, 0.1) is 0 Å². The normalized spacial score (nSPS) is 25.2. The maximum Gasteiger partial charge on any atom is 0.416 e. The highest BCUT2D eigenvalue weighted by Gasteiger charge is 2.45. The maximum absolute atomic E-state index is 12.9. The monoisotopic (exact) mass is 370 g/mol. The summed E-state index contributed by atoms with van der Waals surface area (Å²) in [6, 6.07) is 3.62. The van der Waals surface area contributed by atoms with Gasteiger partial charge in [0.25, 0.3) is 5.91 Å². The summed E-state index contributed by atoms with van der Waals surface area (Å²) in [6.07, 6.45) is -1.35. The minimum absolute atomic E-state index is 0.00658. The van der Waals surface area contributed by atoms with Crippen LogP contribution in [0.15, 0.2) is 24.3 Å². The number of carbonyl (C=O) groups is 2. The van der Waals surface area contributed by atoms with Crippen molar-refractivity contribution in [2.45, 2.75) is 50.4 Å². The number of halogens is 3. The highest BCUT2D eigenvalue weighted by Crippen LogP contribution is 2.34. The number of piperidine rings is 1. The van der Waals surface area contributed by atoms with E-state index in [9.17, 15) is 27.9 Å². The van der Waals surface area contributed by atoms with E-state index >= 15 is 0 Å². The molecule has 2 unspecified atom stereocenters. The number of hydrogen-bond donors (Lipinski definition) is 1. The van der Waals surface area contributed by atoms with Crippen molar-refractivity contribution in [3.8, 4) is 0 Å². The van der Waals surface area contributed by atoms with Crippen molar-refractivity contribution in [2.75, 3.05) is 18.1 Å². The predicted octanol–water partition coefficient (Wildman–Crippen LogP) is 2.57. The van der Waals surface area contributed by atoms with Crippen LogP contribution in [0.25, 0.3) is 0 Å². The molecule has 0 bridgehead atoms. The van der Waals surface area contributed by atoms with E-state index in [0.29, 0.717) is 13.0 Å². The van der Waals surface area contributed by atoms with Crippen molar-refractivity contribution < 1.29 is 27.9 Å². The summed E-state index contributed by atoms with van der Waals surface area (Å²) in [5.41, 5.74) is -0.941. The lowest BCUT2D eigenvalue weighted by Gasteiger charge is -2.38. The van der Waals surface area contributed by atoms with Crippen LogP contribution >= 0.6 is 0 Å². The average molecular weight is 370 g/mol. The Morgan fingerprint density at radius 3 is 2.65 bits per heavy atom. The topological polar surface area (TPSA) is 60.9 Å². The van der Waals surface area contributed by atoms with E-state index in [-0.39, 0.29) is 24.8 Å². The Labute approximate surface area is 149 Å². The lowest BCUT2D eigenvalue weighted by atomic mass is 9.97. The minimum Gasteiger partial charge on any atom is -0.396 e. The molecule has 2 aliphatic heterocycles. The quantitative estimate of drug-likeness (QED) is 0.828. The smallest absolute Gasteiger partial charge is 0.396 e. The summed E-state index contributed by atoms with van der Waals surface area (Å²) in [4.78, 5) is 28.1. The molecule has 2 amide bonds. The van der Waals surface area contributed by atoms with Crippen LogP contribution in [0.1, 0.15) is 37.7 Å². The number of nitrogens with zero attached hydrogens (tertiary/aromatic N) is 2. The Kier molecular flexibility index (Phi) is 5.34. The van der Waals surface area contributed by atoms with Gasteiger partial charge in [-0.3, -0.25) is 14.5 Å². The third kappa shape index (κ3) is 3.61. The van der Waals surface area contributed by atoms with Gasteiger partial charge in [0, 0.05) is 12.6 Å². The molecule has 5 nitrogen and oxygen atoms in total. The van der Waals surface area contributed by atoms with E-state index in [2.05, 4.69) is 0 Å². The Morgan fingerprint density at radius 1 is 1.19 bits per heavy atom. The Bertz CT molecular complexity index is 691. The van der Waals surface area contributed by atoms with Crippen LogP contribution in [0.3, 0.4) is 0 Å². The van der Waals surface area contributed by atoms with E-state index in [0.717, 1.165) is 36.3 Å². The fourth-order valence-corrected chi connectivity index (χ4v) is 3.86. The molecular formula is C18H21F3N2O3. The molecule has 0 saturated carbocycles. The highest BCUT2D eigenvalue weighted by molar-refractivity contribution is 6.22. The summed E-state index contributed by atoms with van der Waals surface area (Å²) >= 11 is 0. The number of amides is 2. The molecule has 0 aromatic heterocycles. The predicted molar refractivity (Wildman–Crippen MR) is 88.4 cm³/mol. The first-order valence-corrected chi connectivity index (χ1v) is 8.73. The second-order valence-corrected chi connectivity index (χ2v) is 6.74. The fourth-order valence-electron chi connectivity index (χ4n) is 3.86. The van der Waals surface area contributed by atoms with Gasteiger partial charge in [0.1, 0.15) is 0 Å². The third-order valence-electron chi connectivity index (χ3n) is 5.09. The Hall–Kier alpha value is -1.93.